The molecule has 0 spiro atoms. The molecule has 3 N–H and O–H groups in total. The fraction of sp³-hybridized carbons (Fsp3) is 0.333. The van der Waals surface area contributed by atoms with E-state index in [1.165, 1.54) is 0 Å². The molecule has 0 radical (unpaired) electrons. The Balaban J connectivity index is 2.57. The van der Waals surface area contributed by atoms with E-state index in [9.17, 15) is 9.90 Å². The highest BCUT2D eigenvalue weighted by Gasteiger charge is 2.24. The highest BCUT2D eigenvalue weighted by Crippen LogP contribution is 2.28. The van der Waals surface area contributed by atoms with Gasteiger partial charge in [-0.1, -0.05) is 19.1 Å². The minimum atomic E-state index is -0.704. The molecule has 0 saturated carbocycles. The summed E-state index contributed by atoms with van der Waals surface area (Å²) >= 11 is 0. The molecule has 1 aromatic carbocycles. The van der Waals surface area contributed by atoms with Crippen LogP contribution in [0.2, 0.25) is 0 Å². The number of anilines is 1. The van der Waals surface area contributed by atoms with Crippen molar-refractivity contribution in [1.29, 1.82) is 5.26 Å². The molecule has 0 saturated heterocycles. The van der Waals surface area contributed by atoms with Crippen molar-refractivity contribution in [3.05, 3.63) is 35.4 Å². The number of nitrogens with zero attached hydrogens (tertiary/aromatic N) is 3. The maximum absolute atomic E-state index is 12.2. The van der Waals surface area contributed by atoms with E-state index in [4.69, 9.17) is 20.5 Å². The third kappa shape index (κ3) is 4.26. The quantitative estimate of drug-likeness (QED) is 0.719. The second-order valence-electron chi connectivity index (χ2n) is 5.36. The summed E-state index contributed by atoms with van der Waals surface area (Å²) in [7, 11) is 0. The number of rotatable bonds is 7. The van der Waals surface area contributed by atoms with Crippen LogP contribution in [0, 0.1) is 11.3 Å². The number of aliphatic hydroxyl groups excluding tert-OH is 1. The van der Waals surface area contributed by atoms with Crippen LogP contribution in [0.15, 0.2) is 24.3 Å². The summed E-state index contributed by atoms with van der Waals surface area (Å²) in [5.74, 6) is -0.659. The molecule has 0 bridgehead atoms. The summed E-state index contributed by atoms with van der Waals surface area (Å²) in [4.78, 5) is 20.7. The standard InChI is InChI=1S/C18H20N4O4/c1-3-13(10-23)26-17-14(18(24)25-4-2)15(20)21-16(22-17)12-7-5-6-11(8-12)9-19/h5-8,13,23H,3-4,10H2,1-2H3,(H2,20,21,22). The van der Waals surface area contributed by atoms with Crippen molar-refractivity contribution in [2.75, 3.05) is 18.9 Å². The lowest BCUT2D eigenvalue weighted by atomic mass is 10.1. The predicted octanol–water partition coefficient (Wildman–Crippen LogP) is 1.92. The molecule has 8 nitrogen and oxygen atoms in total. The average Bonchev–Trinajstić information content (AvgIpc) is 2.65. The molecule has 0 aliphatic heterocycles. The number of esters is 1. The molecule has 0 aliphatic carbocycles. The van der Waals surface area contributed by atoms with Gasteiger partial charge < -0.3 is 20.3 Å². The zero-order valence-corrected chi connectivity index (χ0v) is 14.6. The van der Waals surface area contributed by atoms with Gasteiger partial charge in [-0.05, 0) is 25.5 Å². The van der Waals surface area contributed by atoms with E-state index >= 15 is 0 Å². The summed E-state index contributed by atoms with van der Waals surface area (Å²) in [6.45, 7) is 3.40. The van der Waals surface area contributed by atoms with E-state index in [2.05, 4.69) is 9.97 Å². The molecule has 0 aliphatic rings. The van der Waals surface area contributed by atoms with Crippen molar-refractivity contribution in [2.45, 2.75) is 26.4 Å². The zero-order valence-electron chi connectivity index (χ0n) is 14.6. The summed E-state index contributed by atoms with van der Waals surface area (Å²) < 4.78 is 10.7. The van der Waals surface area contributed by atoms with Crippen LogP contribution >= 0.6 is 0 Å². The Hall–Kier alpha value is -3.18. The van der Waals surface area contributed by atoms with Crippen LogP contribution < -0.4 is 10.5 Å². The molecule has 136 valence electrons. The minimum absolute atomic E-state index is 0.0609. The number of ether oxygens (including phenoxy) is 2. The van der Waals surface area contributed by atoms with Gasteiger partial charge >= 0.3 is 5.97 Å². The average molecular weight is 356 g/mol. The van der Waals surface area contributed by atoms with E-state index in [1.807, 2.05) is 13.0 Å². The van der Waals surface area contributed by atoms with Crippen LogP contribution in [-0.4, -0.2) is 40.4 Å². The van der Waals surface area contributed by atoms with Crippen molar-refractivity contribution in [2.24, 2.45) is 0 Å². The van der Waals surface area contributed by atoms with Gasteiger partial charge in [0.2, 0.25) is 5.88 Å². The minimum Gasteiger partial charge on any atom is -0.471 e. The number of aromatic nitrogens is 2. The number of carbonyl (C=O) groups excluding carboxylic acids is 1. The topological polar surface area (TPSA) is 131 Å². The van der Waals surface area contributed by atoms with E-state index < -0.39 is 12.1 Å². The van der Waals surface area contributed by atoms with E-state index in [1.54, 1.807) is 31.2 Å². The third-order valence-corrected chi connectivity index (χ3v) is 3.57. The summed E-state index contributed by atoms with van der Waals surface area (Å²) in [5.41, 5.74) is 6.86. The number of aliphatic hydroxyl groups is 1. The van der Waals surface area contributed by atoms with Crippen molar-refractivity contribution in [3.63, 3.8) is 0 Å². The van der Waals surface area contributed by atoms with Crippen LogP contribution in [0.1, 0.15) is 36.2 Å². The number of nitrogen functional groups attached to an aromatic ring is 1. The van der Waals surface area contributed by atoms with Crippen LogP contribution in [0.25, 0.3) is 11.4 Å². The maximum Gasteiger partial charge on any atom is 0.347 e. The summed E-state index contributed by atoms with van der Waals surface area (Å²) in [6.07, 6.45) is -0.0576. The molecular formula is C18H20N4O4. The lowest BCUT2D eigenvalue weighted by molar-refractivity contribution is 0.0510. The second kappa shape index (κ2) is 8.78. The SMILES string of the molecule is CCOC(=O)c1c(N)nc(-c2cccc(C#N)c2)nc1OC(CC)CO. The fourth-order valence-corrected chi connectivity index (χ4v) is 2.20. The Morgan fingerprint density at radius 3 is 2.77 bits per heavy atom. The van der Waals surface area contributed by atoms with E-state index in [0.29, 0.717) is 17.5 Å². The number of nitrogens with two attached hydrogens (primary N) is 1. The molecule has 8 heteroatoms. The van der Waals surface area contributed by atoms with Gasteiger partial charge in [0.25, 0.3) is 0 Å². The zero-order chi connectivity index (χ0) is 19.1. The first kappa shape index (κ1) is 19.1. The molecule has 2 rings (SSSR count). The molecule has 1 atom stereocenters. The van der Waals surface area contributed by atoms with Crippen molar-refractivity contribution >= 4 is 11.8 Å². The van der Waals surface area contributed by atoms with Gasteiger partial charge in [-0.2, -0.15) is 10.2 Å². The first-order valence-corrected chi connectivity index (χ1v) is 8.16. The molecule has 26 heavy (non-hydrogen) atoms. The Morgan fingerprint density at radius 1 is 1.38 bits per heavy atom. The van der Waals surface area contributed by atoms with Crippen molar-refractivity contribution < 1.29 is 19.4 Å². The van der Waals surface area contributed by atoms with E-state index in [0.717, 1.165) is 0 Å². The molecule has 0 fully saturated rings. The van der Waals surface area contributed by atoms with Crippen LogP contribution in [0.4, 0.5) is 5.82 Å². The van der Waals surface area contributed by atoms with Gasteiger partial charge in [-0.3, -0.25) is 0 Å². The smallest absolute Gasteiger partial charge is 0.347 e. The van der Waals surface area contributed by atoms with Gasteiger partial charge in [0.1, 0.15) is 11.9 Å². The highest BCUT2D eigenvalue weighted by atomic mass is 16.5. The van der Waals surface area contributed by atoms with Crippen LogP contribution in [-0.2, 0) is 4.74 Å². The molecule has 2 aromatic rings. The van der Waals surface area contributed by atoms with Gasteiger partial charge in [-0.15, -0.1) is 0 Å². The number of benzene rings is 1. The van der Waals surface area contributed by atoms with Crippen LogP contribution in [0.3, 0.4) is 0 Å². The lowest BCUT2D eigenvalue weighted by Gasteiger charge is -2.18. The number of nitriles is 1. The third-order valence-electron chi connectivity index (χ3n) is 3.57. The first-order chi connectivity index (χ1) is 12.5. The van der Waals surface area contributed by atoms with Crippen molar-refractivity contribution in [3.8, 4) is 23.3 Å². The Morgan fingerprint density at radius 2 is 2.15 bits per heavy atom. The monoisotopic (exact) mass is 356 g/mol. The maximum atomic E-state index is 12.2. The van der Waals surface area contributed by atoms with Gasteiger partial charge in [0.05, 0.1) is 24.8 Å². The number of carbonyl (C=O) groups is 1. The number of hydrogen-bond donors (Lipinski definition) is 2. The molecule has 1 aromatic heterocycles. The summed E-state index contributed by atoms with van der Waals surface area (Å²) in [5, 5.41) is 18.4. The van der Waals surface area contributed by atoms with Crippen molar-refractivity contribution in [1.82, 2.24) is 9.97 Å². The van der Waals surface area contributed by atoms with Gasteiger partial charge in [-0.25, -0.2) is 9.78 Å². The Labute approximate surface area is 151 Å². The van der Waals surface area contributed by atoms with Gasteiger partial charge in [0, 0.05) is 5.56 Å². The lowest BCUT2D eigenvalue weighted by Crippen LogP contribution is -2.23. The molecule has 0 amide bonds. The van der Waals surface area contributed by atoms with E-state index in [-0.39, 0.29) is 36.3 Å². The fourth-order valence-electron chi connectivity index (χ4n) is 2.20. The first-order valence-electron chi connectivity index (χ1n) is 8.16. The van der Waals surface area contributed by atoms with Crippen LogP contribution in [0.5, 0.6) is 5.88 Å². The highest BCUT2D eigenvalue weighted by molar-refractivity contribution is 5.97. The Bertz CT molecular complexity index is 828. The molecular weight excluding hydrogens is 336 g/mol. The largest absolute Gasteiger partial charge is 0.471 e. The predicted molar refractivity (Wildman–Crippen MR) is 94.3 cm³/mol. The normalized spacial score (nSPS) is 11.5. The van der Waals surface area contributed by atoms with Gasteiger partial charge in [0.15, 0.2) is 11.4 Å². The molecule has 1 unspecified atom stereocenters. The second-order valence-corrected chi connectivity index (χ2v) is 5.36. The number of hydrogen-bond acceptors (Lipinski definition) is 8. The Kier molecular flexibility index (Phi) is 6.47. The summed E-state index contributed by atoms with van der Waals surface area (Å²) in [6, 6.07) is 8.70. The molecule has 1 heterocycles.